The molecule has 2 aromatic rings. The Bertz CT molecular complexity index is 477. The van der Waals surface area contributed by atoms with Crippen molar-refractivity contribution in [2.45, 2.75) is 13.0 Å². The van der Waals surface area contributed by atoms with Gasteiger partial charge in [0, 0.05) is 11.8 Å². The number of benzene rings is 1. The number of hydrogen-bond acceptors (Lipinski definition) is 3. The van der Waals surface area contributed by atoms with E-state index < -0.39 is 0 Å². The normalized spacial score (nSPS) is 12.4. The summed E-state index contributed by atoms with van der Waals surface area (Å²) in [5, 5.41) is 0. The van der Waals surface area contributed by atoms with Crippen molar-refractivity contribution in [3.05, 3.63) is 59.3 Å². The summed E-state index contributed by atoms with van der Waals surface area (Å²) >= 11 is 0. The first-order chi connectivity index (χ1) is 7.68. The lowest BCUT2D eigenvalue weighted by atomic mass is 9.99. The molecule has 0 amide bonds. The molecule has 0 spiro atoms. The molecule has 82 valence electrons. The molecule has 0 bridgehead atoms. The Labute approximate surface area is 95.1 Å². The van der Waals surface area contributed by atoms with E-state index in [4.69, 9.17) is 11.5 Å². The van der Waals surface area contributed by atoms with Gasteiger partial charge >= 0.3 is 0 Å². The maximum absolute atomic E-state index is 6.15. The second kappa shape index (κ2) is 4.33. The number of nitrogens with zero attached hydrogens (tertiary/aromatic N) is 1. The molecule has 4 N–H and O–H groups in total. The van der Waals surface area contributed by atoms with E-state index in [2.05, 4.69) is 4.98 Å². The zero-order valence-corrected chi connectivity index (χ0v) is 9.22. The van der Waals surface area contributed by atoms with Crippen LogP contribution in [0.5, 0.6) is 0 Å². The molecule has 0 aliphatic rings. The Kier molecular flexibility index (Phi) is 2.88. The van der Waals surface area contributed by atoms with Gasteiger partial charge in [-0.1, -0.05) is 35.9 Å². The fourth-order valence-electron chi connectivity index (χ4n) is 1.65. The number of nitrogens with two attached hydrogens (primary N) is 2. The highest BCUT2D eigenvalue weighted by Gasteiger charge is 2.11. The summed E-state index contributed by atoms with van der Waals surface area (Å²) in [5.41, 5.74) is 15.1. The number of anilines is 1. The molecule has 0 radical (unpaired) electrons. The lowest BCUT2D eigenvalue weighted by molar-refractivity contribution is 0.867. The van der Waals surface area contributed by atoms with E-state index in [-0.39, 0.29) is 6.04 Å². The van der Waals surface area contributed by atoms with Crippen LogP contribution in [0.1, 0.15) is 22.7 Å². The van der Waals surface area contributed by atoms with Crippen LogP contribution in [0.15, 0.2) is 42.6 Å². The number of nitrogen functional groups attached to an aromatic ring is 1. The summed E-state index contributed by atoms with van der Waals surface area (Å²) in [6.07, 6.45) is 1.67. The van der Waals surface area contributed by atoms with E-state index in [0.717, 1.165) is 11.1 Å². The average Bonchev–Trinajstić information content (AvgIpc) is 2.30. The summed E-state index contributed by atoms with van der Waals surface area (Å²) in [7, 11) is 0. The topological polar surface area (TPSA) is 64.9 Å². The van der Waals surface area contributed by atoms with Crippen LogP contribution in [0.25, 0.3) is 0 Å². The quantitative estimate of drug-likeness (QED) is 0.802. The smallest absolute Gasteiger partial charge is 0.128 e. The zero-order valence-electron chi connectivity index (χ0n) is 9.22. The van der Waals surface area contributed by atoms with Crippen molar-refractivity contribution in [3.8, 4) is 0 Å². The number of hydrogen-bond donors (Lipinski definition) is 2. The highest BCUT2D eigenvalue weighted by atomic mass is 14.8. The molecule has 1 unspecified atom stereocenters. The second-order valence-corrected chi connectivity index (χ2v) is 3.87. The molecule has 0 aliphatic heterocycles. The van der Waals surface area contributed by atoms with Gasteiger partial charge < -0.3 is 11.5 Å². The molecule has 1 aromatic carbocycles. The molecule has 16 heavy (non-hydrogen) atoms. The number of aromatic nitrogens is 1. The van der Waals surface area contributed by atoms with E-state index in [1.807, 2.05) is 43.3 Å². The van der Waals surface area contributed by atoms with Crippen LogP contribution < -0.4 is 11.5 Å². The molecule has 0 saturated heterocycles. The molecule has 3 heteroatoms. The molecule has 2 rings (SSSR count). The molecule has 0 aliphatic carbocycles. The Morgan fingerprint density at radius 3 is 2.44 bits per heavy atom. The van der Waals surface area contributed by atoms with Gasteiger partial charge in [0.25, 0.3) is 0 Å². The summed E-state index contributed by atoms with van der Waals surface area (Å²) in [4.78, 5) is 4.04. The van der Waals surface area contributed by atoms with Crippen molar-refractivity contribution in [1.82, 2.24) is 4.98 Å². The van der Waals surface area contributed by atoms with Gasteiger partial charge in [-0.25, -0.2) is 4.98 Å². The van der Waals surface area contributed by atoms with Gasteiger partial charge in [0.05, 0.1) is 6.04 Å². The van der Waals surface area contributed by atoms with Crippen LogP contribution in [0.2, 0.25) is 0 Å². The maximum Gasteiger partial charge on any atom is 0.128 e. The zero-order chi connectivity index (χ0) is 11.5. The van der Waals surface area contributed by atoms with Gasteiger partial charge in [-0.2, -0.15) is 0 Å². The fraction of sp³-hybridized carbons (Fsp3) is 0.154. The summed E-state index contributed by atoms with van der Waals surface area (Å²) in [5.74, 6) is 0.496. The van der Waals surface area contributed by atoms with E-state index in [1.165, 1.54) is 5.56 Å². The highest BCUT2D eigenvalue weighted by molar-refractivity contribution is 5.45. The van der Waals surface area contributed by atoms with Crippen LogP contribution >= 0.6 is 0 Å². The van der Waals surface area contributed by atoms with Gasteiger partial charge in [-0.05, 0) is 18.6 Å². The summed E-state index contributed by atoms with van der Waals surface area (Å²) in [6, 6.07) is 11.7. The van der Waals surface area contributed by atoms with Crippen molar-refractivity contribution in [3.63, 3.8) is 0 Å². The van der Waals surface area contributed by atoms with E-state index in [9.17, 15) is 0 Å². The minimum absolute atomic E-state index is 0.214. The fourth-order valence-corrected chi connectivity index (χ4v) is 1.65. The third-order valence-corrected chi connectivity index (χ3v) is 2.64. The Balaban J connectivity index is 2.35. The average molecular weight is 213 g/mol. The van der Waals surface area contributed by atoms with Crippen LogP contribution in [0.4, 0.5) is 5.82 Å². The van der Waals surface area contributed by atoms with Gasteiger partial charge in [0.1, 0.15) is 5.82 Å². The highest BCUT2D eigenvalue weighted by Crippen LogP contribution is 2.22. The Hall–Kier alpha value is -1.87. The van der Waals surface area contributed by atoms with Gasteiger partial charge in [0.2, 0.25) is 0 Å². The van der Waals surface area contributed by atoms with Gasteiger partial charge in [-0.3, -0.25) is 0 Å². The van der Waals surface area contributed by atoms with Crippen LogP contribution in [-0.2, 0) is 0 Å². The predicted molar refractivity (Wildman–Crippen MR) is 65.9 cm³/mol. The number of rotatable bonds is 2. The molecular formula is C13H15N3. The molecule has 1 heterocycles. The maximum atomic E-state index is 6.15. The minimum Gasteiger partial charge on any atom is -0.383 e. The first-order valence-corrected chi connectivity index (χ1v) is 5.21. The Morgan fingerprint density at radius 2 is 1.81 bits per heavy atom. The summed E-state index contributed by atoms with van der Waals surface area (Å²) < 4.78 is 0. The van der Waals surface area contributed by atoms with Crippen molar-refractivity contribution in [2.75, 3.05) is 5.73 Å². The monoisotopic (exact) mass is 213 g/mol. The largest absolute Gasteiger partial charge is 0.383 e. The lowest BCUT2D eigenvalue weighted by Gasteiger charge is -2.14. The van der Waals surface area contributed by atoms with E-state index in [1.54, 1.807) is 6.20 Å². The second-order valence-electron chi connectivity index (χ2n) is 3.87. The molecule has 3 nitrogen and oxygen atoms in total. The lowest BCUT2D eigenvalue weighted by Crippen LogP contribution is -2.14. The first kappa shape index (κ1) is 10.6. The van der Waals surface area contributed by atoms with Gasteiger partial charge in [0.15, 0.2) is 0 Å². The van der Waals surface area contributed by atoms with E-state index in [0.29, 0.717) is 5.82 Å². The third kappa shape index (κ3) is 2.04. The van der Waals surface area contributed by atoms with Crippen molar-refractivity contribution < 1.29 is 0 Å². The third-order valence-electron chi connectivity index (χ3n) is 2.64. The van der Waals surface area contributed by atoms with Gasteiger partial charge in [-0.15, -0.1) is 0 Å². The number of pyridine rings is 1. The van der Waals surface area contributed by atoms with E-state index >= 15 is 0 Å². The van der Waals surface area contributed by atoms with Crippen LogP contribution in [0, 0.1) is 6.92 Å². The molecule has 1 atom stereocenters. The molecule has 0 fully saturated rings. The Morgan fingerprint density at radius 1 is 1.12 bits per heavy atom. The number of aryl methyl sites for hydroxylation is 1. The molecule has 0 saturated carbocycles. The standard InChI is InChI=1S/C13H15N3/c1-9-4-6-10(7-5-9)12(14)11-3-2-8-16-13(11)15/h2-8,12H,14H2,1H3,(H2,15,16). The van der Waals surface area contributed by atoms with Crippen molar-refractivity contribution in [2.24, 2.45) is 5.73 Å². The van der Waals surface area contributed by atoms with Crippen LogP contribution in [0.3, 0.4) is 0 Å². The van der Waals surface area contributed by atoms with Crippen LogP contribution in [-0.4, -0.2) is 4.98 Å². The molecular weight excluding hydrogens is 198 g/mol. The minimum atomic E-state index is -0.214. The first-order valence-electron chi connectivity index (χ1n) is 5.21. The summed E-state index contributed by atoms with van der Waals surface area (Å²) in [6.45, 7) is 2.05. The SMILES string of the molecule is Cc1ccc(C(N)c2cccnc2N)cc1. The van der Waals surface area contributed by atoms with Crippen molar-refractivity contribution in [1.29, 1.82) is 0 Å². The van der Waals surface area contributed by atoms with Crippen molar-refractivity contribution >= 4 is 5.82 Å². The predicted octanol–water partition coefficient (Wildman–Crippen LogP) is 2.02. The molecule has 1 aromatic heterocycles.